The largest absolute Gasteiger partial charge is 0.439 e. The Bertz CT molecular complexity index is 758. The Morgan fingerprint density at radius 1 is 1.05 bits per heavy atom. The molecule has 3 aromatic rings. The summed E-state index contributed by atoms with van der Waals surface area (Å²) < 4.78 is 5.70. The van der Waals surface area contributed by atoms with Gasteiger partial charge in [0.1, 0.15) is 5.75 Å². The molecule has 0 saturated carbocycles. The van der Waals surface area contributed by atoms with Crippen molar-refractivity contribution in [2.45, 2.75) is 6.61 Å². The summed E-state index contributed by atoms with van der Waals surface area (Å²) >= 11 is 5.90. The lowest BCUT2D eigenvalue weighted by Gasteiger charge is -2.08. The Labute approximate surface area is 121 Å². The molecule has 0 aliphatic heterocycles. The first kappa shape index (κ1) is 12.9. The standard InChI is InChI=1S/C16H12ClNO2/c17-15-9-18-16(8-13(15)10-19)20-14-6-5-11-3-1-2-4-12(11)7-14/h1-9,19H,10H2. The van der Waals surface area contributed by atoms with Crippen molar-refractivity contribution in [1.82, 2.24) is 4.98 Å². The minimum absolute atomic E-state index is 0.143. The number of aliphatic hydroxyl groups excluding tert-OH is 1. The van der Waals surface area contributed by atoms with Gasteiger partial charge in [-0.05, 0) is 22.9 Å². The summed E-state index contributed by atoms with van der Waals surface area (Å²) in [4.78, 5) is 4.10. The van der Waals surface area contributed by atoms with Gasteiger partial charge in [-0.3, -0.25) is 0 Å². The van der Waals surface area contributed by atoms with Gasteiger partial charge in [0.15, 0.2) is 0 Å². The van der Waals surface area contributed by atoms with Crippen molar-refractivity contribution in [2.75, 3.05) is 0 Å². The van der Waals surface area contributed by atoms with E-state index < -0.39 is 0 Å². The minimum Gasteiger partial charge on any atom is -0.439 e. The fourth-order valence-electron chi connectivity index (χ4n) is 1.99. The third-order valence-electron chi connectivity index (χ3n) is 3.02. The lowest BCUT2D eigenvalue weighted by atomic mass is 10.1. The Morgan fingerprint density at radius 3 is 2.65 bits per heavy atom. The van der Waals surface area contributed by atoms with Crippen LogP contribution in [0.3, 0.4) is 0 Å². The molecule has 4 heteroatoms. The SMILES string of the molecule is OCc1cc(Oc2ccc3ccccc3c2)ncc1Cl. The highest BCUT2D eigenvalue weighted by atomic mass is 35.5. The second-order valence-corrected chi connectivity index (χ2v) is 4.79. The smallest absolute Gasteiger partial charge is 0.219 e. The third kappa shape index (κ3) is 2.59. The summed E-state index contributed by atoms with van der Waals surface area (Å²) in [6.45, 7) is -0.143. The van der Waals surface area contributed by atoms with Crippen LogP contribution in [0.1, 0.15) is 5.56 Å². The fraction of sp³-hybridized carbons (Fsp3) is 0.0625. The Hall–Kier alpha value is -2.10. The second-order valence-electron chi connectivity index (χ2n) is 4.38. The lowest BCUT2D eigenvalue weighted by Crippen LogP contribution is -1.92. The maximum absolute atomic E-state index is 9.18. The monoisotopic (exact) mass is 285 g/mol. The van der Waals surface area contributed by atoms with E-state index >= 15 is 0 Å². The van der Waals surface area contributed by atoms with Crippen molar-refractivity contribution >= 4 is 22.4 Å². The number of benzene rings is 2. The van der Waals surface area contributed by atoms with Crippen molar-refractivity contribution in [1.29, 1.82) is 0 Å². The first-order chi connectivity index (χ1) is 9.76. The van der Waals surface area contributed by atoms with Gasteiger partial charge in [-0.1, -0.05) is 41.9 Å². The van der Waals surface area contributed by atoms with Gasteiger partial charge in [0.05, 0.1) is 11.6 Å². The number of aromatic nitrogens is 1. The molecule has 20 heavy (non-hydrogen) atoms. The number of fused-ring (bicyclic) bond motifs is 1. The van der Waals surface area contributed by atoms with E-state index in [-0.39, 0.29) is 6.61 Å². The molecule has 100 valence electrons. The van der Waals surface area contributed by atoms with Crippen LogP contribution in [0.2, 0.25) is 5.02 Å². The zero-order valence-electron chi connectivity index (χ0n) is 10.6. The molecule has 0 spiro atoms. The number of pyridine rings is 1. The van der Waals surface area contributed by atoms with Gasteiger partial charge in [0.2, 0.25) is 5.88 Å². The molecule has 0 bridgehead atoms. The number of aliphatic hydroxyl groups is 1. The van der Waals surface area contributed by atoms with E-state index in [0.29, 0.717) is 22.2 Å². The zero-order valence-corrected chi connectivity index (χ0v) is 11.3. The number of rotatable bonds is 3. The van der Waals surface area contributed by atoms with Gasteiger partial charge in [-0.15, -0.1) is 0 Å². The van der Waals surface area contributed by atoms with Crippen molar-refractivity contribution in [3.63, 3.8) is 0 Å². The summed E-state index contributed by atoms with van der Waals surface area (Å²) in [6, 6.07) is 15.5. The number of ether oxygens (including phenoxy) is 1. The fourth-order valence-corrected chi connectivity index (χ4v) is 2.15. The van der Waals surface area contributed by atoms with Crippen LogP contribution < -0.4 is 4.74 Å². The number of halogens is 1. The molecule has 1 N–H and O–H groups in total. The molecule has 0 aliphatic rings. The third-order valence-corrected chi connectivity index (χ3v) is 3.36. The molecule has 3 nitrogen and oxygen atoms in total. The molecule has 0 aliphatic carbocycles. The van der Waals surface area contributed by atoms with E-state index in [2.05, 4.69) is 4.98 Å². The Balaban J connectivity index is 1.92. The van der Waals surface area contributed by atoms with Crippen LogP contribution in [0.5, 0.6) is 11.6 Å². The van der Waals surface area contributed by atoms with E-state index in [4.69, 9.17) is 16.3 Å². The van der Waals surface area contributed by atoms with Crippen LogP contribution in [0, 0.1) is 0 Å². The zero-order chi connectivity index (χ0) is 13.9. The number of nitrogens with zero attached hydrogens (tertiary/aromatic N) is 1. The van der Waals surface area contributed by atoms with Gasteiger partial charge >= 0.3 is 0 Å². The predicted molar refractivity (Wildman–Crippen MR) is 79.2 cm³/mol. The lowest BCUT2D eigenvalue weighted by molar-refractivity contribution is 0.281. The van der Waals surface area contributed by atoms with E-state index in [9.17, 15) is 5.11 Å². The number of hydrogen-bond donors (Lipinski definition) is 1. The molecule has 3 rings (SSSR count). The molecule has 0 radical (unpaired) electrons. The molecule has 0 fully saturated rings. The van der Waals surface area contributed by atoms with Crippen LogP contribution in [-0.4, -0.2) is 10.1 Å². The first-order valence-electron chi connectivity index (χ1n) is 6.18. The summed E-state index contributed by atoms with van der Waals surface area (Å²) in [6.07, 6.45) is 1.48. The van der Waals surface area contributed by atoms with E-state index in [1.807, 2.05) is 42.5 Å². The molecule has 0 amide bonds. The molecule has 2 aromatic carbocycles. The second kappa shape index (κ2) is 5.49. The van der Waals surface area contributed by atoms with Crippen LogP contribution in [0.4, 0.5) is 0 Å². The molecule has 1 heterocycles. The summed E-state index contributed by atoms with van der Waals surface area (Å²) in [5, 5.41) is 11.9. The maximum atomic E-state index is 9.18. The molecule has 0 saturated heterocycles. The molecule has 1 aromatic heterocycles. The van der Waals surface area contributed by atoms with Crippen LogP contribution >= 0.6 is 11.6 Å². The van der Waals surface area contributed by atoms with Crippen LogP contribution in [0.15, 0.2) is 54.7 Å². The summed E-state index contributed by atoms with van der Waals surface area (Å²) in [7, 11) is 0. The summed E-state index contributed by atoms with van der Waals surface area (Å²) in [5.41, 5.74) is 0.595. The van der Waals surface area contributed by atoms with Gasteiger partial charge in [-0.25, -0.2) is 4.98 Å². The van der Waals surface area contributed by atoms with Gasteiger partial charge in [0, 0.05) is 17.8 Å². The highest BCUT2D eigenvalue weighted by Crippen LogP contribution is 2.26. The Kier molecular flexibility index (Phi) is 3.54. The quantitative estimate of drug-likeness (QED) is 0.785. The van der Waals surface area contributed by atoms with Crippen LogP contribution in [0.25, 0.3) is 10.8 Å². The predicted octanol–water partition coefficient (Wildman–Crippen LogP) is 4.17. The van der Waals surface area contributed by atoms with E-state index in [1.54, 1.807) is 6.07 Å². The van der Waals surface area contributed by atoms with Gasteiger partial charge < -0.3 is 9.84 Å². The summed E-state index contributed by atoms with van der Waals surface area (Å²) in [5.74, 6) is 1.11. The van der Waals surface area contributed by atoms with Gasteiger partial charge in [-0.2, -0.15) is 0 Å². The normalized spacial score (nSPS) is 10.7. The first-order valence-corrected chi connectivity index (χ1v) is 6.56. The average molecular weight is 286 g/mol. The highest BCUT2D eigenvalue weighted by Gasteiger charge is 2.05. The van der Waals surface area contributed by atoms with Crippen molar-refractivity contribution in [3.8, 4) is 11.6 Å². The molecular formula is C16H12ClNO2. The van der Waals surface area contributed by atoms with Gasteiger partial charge in [0.25, 0.3) is 0 Å². The van der Waals surface area contributed by atoms with Crippen molar-refractivity contribution in [3.05, 3.63) is 65.3 Å². The van der Waals surface area contributed by atoms with E-state index in [0.717, 1.165) is 10.8 Å². The maximum Gasteiger partial charge on any atom is 0.219 e. The highest BCUT2D eigenvalue weighted by molar-refractivity contribution is 6.31. The van der Waals surface area contributed by atoms with Crippen LogP contribution in [-0.2, 0) is 6.61 Å². The molecule has 0 atom stereocenters. The van der Waals surface area contributed by atoms with E-state index in [1.165, 1.54) is 6.20 Å². The average Bonchev–Trinajstić information content (AvgIpc) is 2.49. The van der Waals surface area contributed by atoms with Crippen molar-refractivity contribution in [2.24, 2.45) is 0 Å². The Morgan fingerprint density at radius 2 is 1.85 bits per heavy atom. The molecule has 0 unspecified atom stereocenters. The topological polar surface area (TPSA) is 42.4 Å². The minimum atomic E-state index is -0.143. The number of hydrogen-bond acceptors (Lipinski definition) is 3. The molecular weight excluding hydrogens is 274 g/mol. The van der Waals surface area contributed by atoms with Crippen molar-refractivity contribution < 1.29 is 9.84 Å².